The van der Waals surface area contributed by atoms with Gasteiger partial charge in [-0.1, -0.05) is 0 Å². The molecule has 2 heterocycles. The summed E-state index contributed by atoms with van der Waals surface area (Å²) in [6.07, 6.45) is 6.27. The van der Waals surface area contributed by atoms with Crippen LogP contribution in [0.5, 0.6) is 0 Å². The predicted molar refractivity (Wildman–Crippen MR) is 66.4 cm³/mol. The topological polar surface area (TPSA) is 104 Å². The zero-order valence-corrected chi connectivity index (χ0v) is 9.70. The van der Waals surface area contributed by atoms with E-state index in [1.807, 2.05) is 0 Å². The first kappa shape index (κ1) is 14.3. The van der Waals surface area contributed by atoms with E-state index < -0.39 is 0 Å². The lowest BCUT2D eigenvalue weighted by atomic mass is 10.2. The van der Waals surface area contributed by atoms with Gasteiger partial charge in [-0.15, -0.1) is 24.8 Å². The average molecular weight is 261 g/mol. The molecule has 0 aliphatic heterocycles. The van der Waals surface area contributed by atoms with Gasteiger partial charge in [0.05, 0.1) is 17.5 Å². The van der Waals surface area contributed by atoms with Gasteiger partial charge < -0.3 is 11.5 Å². The Labute approximate surface area is 104 Å². The monoisotopic (exact) mass is 260 g/mol. The summed E-state index contributed by atoms with van der Waals surface area (Å²) in [6, 6.07) is 0. The minimum atomic E-state index is 0. The molecular weight excluding hydrogens is 251 g/mol. The highest BCUT2D eigenvalue weighted by molar-refractivity contribution is 5.85. The summed E-state index contributed by atoms with van der Waals surface area (Å²) < 4.78 is 0. The first-order chi connectivity index (χ1) is 6.77. The Morgan fingerprint density at radius 2 is 1.69 bits per heavy atom. The molecule has 0 bridgehead atoms. The van der Waals surface area contributed by atoms with E-state index in [1.165, 1.54) is 6.20 Å². The molecule has 0 amide bonds. The molecule has 0 spiro atoms. The van der Waals surface area contributed by atoms with Crippen molar-refractivity contribution >= 4 is 36.6 Å². The second-order valence-electron chi connectivity index (χ2n) is 2.62. The Hall–Kier alpha value is -1.66. The van der Waals surface area contributed by atoms with Crippen LogP contribution in [0.4, 0.5) is 11.8 Å². The lowest BCUT2D eigenvalue weighted by Gasteiger charge is -2.02. The second kappa shape index (κ2) is 6.04. The first-order valence-electron chi connectivity index (χ1n) is 3.92. The summed E-state index contributed by atoms with van der Waals surface area (Å²) in [5.74, 6) is 0.452. The fraction of sp³-hybridized carbons (Fsp3) is 0. The van der Waals surface area contributed by atoms with E-state index in [0.717, 1.165) is 0 Å². The second-order valence-corrected chi connectivity index (χ2v) is 2.62. The minimum Gasteiger partial charge on any atom is -0.383 e. The molecule has 0 fully saturated rings. The van der Waals surface area contributed by atoms with Crippen molar-refractivity contribution in [3.05, 3.63) is 24.8 Å². The Balaban J connectivity index is 0.00000112. The Bertz CT molecular complexity index is 450. The maximum absolute atomic E-state index is 5.65. The number of nitrogen functional groups attached to an aromatic ring is 2. The summed E-state index contributed by atoms with van der Waals surface area (Å²) in [7, 11) is 0. The molecule has 0 aliphatic rings. The van der Waals surface area contributed by atoms with Crippen LogP contribution >= 0.6 is 24.8 Å². The molecule has 0 aliphatic carbocycles. The Morgan fingerprint density at radius 1 is 0.938 bits per heavy atom. The fourth-order valence-electron chi connectivity index (χ4n) is 1.04. The van der Waals surface area contributed by atoms with Crippen LogP contribution < -0.4 is 11.5 Å². The van der Waals surface area contributed by atoms with E-state index in [-0.39, 0.29) is 30.8 Å². The van der Waals surface area contributed by atoms with Gasteiger partial charge in [-0.2, -0.15) is 4.98 Å². The van der Waals surface area contributed by atoms with Crippen molar-refractivity contribution in [2.24, 2.45) is 0 Å². The van der Waals surface area contributed by atoms with Crippen molar-refractivity contribution in [2.75, 3.05) is 11.5 Å². The van der Waals surface area contributed by atoms with Crippen LogP contribution in [0.25, 0.3) is 11.3 Å². The maximum atomic E-state index is 5.65. The normalized spacial score (nSPS) is 8.75. The molecule has 0 atom stereocenters. The summed E-state index contributed by atoms with van der Waals surface area (Å²) in [4.78, 5) is 15.7. The van der Waals surface area contributed by atoms with Crippen molar-refractivity contribution in [3.8, 4) is 11.3 Å². The van der Waals surface area contributed by atoms with Gasteiger partial charge in [0.2, 0.25) is 5.95 Å². The number of nitrogens with zero attached hydrogens (tertiary/aromatic N) is 4. The van der Waals surface area contributed by atoms with E-state index in [2.05, 4.69) is 19.9 Å². The lowest BCUT2D eigenvalue weighted by molar-refractivity contribution is 1.16. The van der Waals surface area contributed by atoms with E-state index in [1.54, 1.807) is 18.6 Å². The molecule has 0 saturated heterocycles. The van der Waals surface area contributed by atoms with Crippen LogP contribution in [-0.4, -0.2) is 19.9 Å². The number of hydrogen-bond donors (Lipinski definition) is 2. The third-order valence-electron chi connectivity index (χ3n) is 1.68. The number of anilines is 2. The van der Waals surface area contributed by atoms with E-state index in [0.29, 0.717) is 17.1 Å². The molecule has 8 heteroatoms. The van der Waals surface area contributed by atoms with Crippen molar-refractivity contribution < 1.29 is 0 Å². The Morgan fingerprint density at radius 3 is 2.25 bits per heavy atom. The fourth-order valence-corrected chi connectivity index (χ4v) is 1.04. The number of aromatic nitrogens is 4. The third-order valence-corrected chi connectivity index (χ3v) is 1.68. The summed E-state index contributed by atoms with van der Waals surface area (Å²) in [5, 5.41) is 0. The summed E-state index contributed by atoms with van der Waals surface area (Å²) >= 11 is 0. The molecule has 2 aromatic heterocycles. The van der Waals surface area contributed by atoms with Crippen molar-refractivity contribution in [1.29, 1.82) is 0 Å². The zero-order valence-electron chi connectivity index (χ0n) is 8.07. The van der Waals surface area contributed by atoms with Gasteiger partial charge in [0.15, 0.2) is 0 Å². The highest BCUT2D eigenvalue weighted by atomic mass is 35.5. The zero-order chi connectivity index (χ0) is 9.97. The Kier molecular flexibility index (Phi) is 5.41. The molecule has 4 N–H and O–H groups in total. The highest BCUT2D eigenvalue weighted by Gasteiger charge is 2.05. The molecular formula is C8H10Cl2N6. The standard InChI is InChI=1S/C8H8N6.2ClH/c9-7-5(3-13-8(10)14-7)6-4-11-1-2-12-6;;/h1-4H,(H4,9,10,13,14);2*1H. The number of nitrogens with two attached hydrogens (primary N) is 2. The van der Waals surface area contributed by atoms with Gasteiger partial charge in [0, 0.05) is 18.6 Å². The lowest BCUT2D eigenvalue weighted by Crippen LogP contribution is -2.01. The maximum Gasteiger partial charge on any atom is 0.221 e. The molecule has 86 valence electrons. The quantitative estimate of drug-likeness (QED) is 0.791. The summed E-state index contributed by atoms with van der Waals surface area (Å²) in [5.41, 5.74) is 12.3. The van der Waals surface area contributed by atoms with Crippen LogP contribution in [0.15, 0.2) is 24.8 Å². The van der Waals surface area contributed by atoms with Gasteiger partial charge in [-0.25, -0.2) is 4.98 Å². The van der Waals surface area contributed by atoms with E-state index in [4.69, 9.17) is 11.5 Å². The van der Waals surface area contributed by atoms with Gasteiger partial charge >= 0.3 is 0 Å². The van der Waals surface area contributed by atoms with Crippen LogP contribution in [0, 0.1) is 0 Å². The molecule has 2 aromatic rings. The summed E-state index contributed by atoms with van der Waals surface area (Å²) in [6.45, 7) is 0. The predicted octanol–water partition coefficient (Wildman–Crippen LogP) is 0.942. The van der Waals surface area contributed by atoms with Gasteiger partial charge in [0.25, 0.3) is 0 Å². The molecule has 6 nitrogen and oxygen atoms in total. The van der Waals surface area contributed by atoms with Crippen LogP contribution in [0.3, 0.4) is 0 Å². The molecule has 0 aromatic carbocycles. The smallest absolute Gasteiger partial charge is 0.221 e. The molecule has 16 heavy (non-hydrogen) atoms. The number of rotatable bonds is 1. The van der Waals surface area contributed by atoms with Gasteiger partial charge in [0.1, 0.15) is 5.82 Å². The van der Waals surface area contributed by atoms with E-state index in [9.17, 15) is 0 Å². The van der Waals surface area contributed by atoms with Crippen molar-refractivity contribution in [1.82, 2.24) is 19.9 Å². The third kappa shape index (κ3) is 2.91. The number of halogens is 2. The van der Waals surface area contributed by atoms with Gasteiger partial charge in [-0.05, 0) is 0 Å². The molecule has 2 rings (SSSR count). The largest absolute Gasteiger partial charge is 0.383 e. The minimum absolute atomic E-state index is 0. The van der Waals surface area contributed by atoms with Crippen molar-refractivity contribution in [3.63, 3.8) is 0 Å². The van der Waals surface area contributed by atoms with Gasteiger partial charge in [-0.3, -0.25) is 9.97 Å². The van der Waals surface area contributed by atoms with Crippen LogP contribution in [-0.2, 0) is 0 Å². The highest BCUT2D eigenvalue weighted by Crippen LogP contribution is 2.20. The average Bonchev–Trinajstić information content (AvgIpc) is 2.19. The molecule has 0 unspecified atom stereocenters. The first-order valence-corrected chi connectivity index (χ1v) is 3.92. The van der Waals surface area contributed by atoms with Crippen LogP contribution in [0.1, 0.15) is 0 Å². The SMILES string of the molecule is Cl.Cl.Nc1ncc(-c2cnccn2)c(N)n1. The molecule has 0 saturated carbocycles. The van der Waals surface area contributed by atoms with Crippen molar-refractivity contribution in [2.45, 2.75) is 0 Å². The number of hydrogen-bond acceptors (Lipinski definition) is 6. The van der Waals surface area contributed by atoms with E-state index >= 15 is 0 Å². The van der Waals surface area contributed by atoms with Crippen LogP contribution in [0.2, 0.25) is 0 Å². The molecule has 0 radical (unpaired) electrons.